The minimum atomic E-state index is -0.330. The van der Waals surface area contributed by atoms with E-state index in [9.17, 15) is 4.79 Å². The number of alkyl halides is 1. The minimum Gasteiger partial charge on any atom is -0.493 e. The fourth-order valence-corrected chi connectivity index (χ4v) is 2.57. The monoisotopic (exact) mass is 336 g/mol. The summed E-state index contributed by atoms with van der Waals surface area (Å²) in [6, 6.07) is 1.73. The lowest BCUT2D eigenvalue weighted by Gasteiger charge is -2.16. The predicted octanol–water partition coefficient (Wildman–Crippen LogP) is 2.92. The number of methoxy groups -OCH3 is 3. The Morgan fingerprint density at radius 1 is 1.33 bits per heavy atom. The van der Waals surface area contributed by atoms with Crippen molar-refractivity contribution in [3.63, 3.8) is 0 Å². The van der Waals surface area contributed by atoms with Crippen molar-refractivity contribution in [3.8, 4) is 11.5 Å². The molecule has 0 aliphatic rings. The topological polar surface area (TPSA) is 44.8 Å². The molecule has 18 heavy (non-hydrogen) atoms. The molecule has 0 bridgehead atoms. The van der Waals surface area contributed by atoms with E-state index in [4.69, 9.17) is 21.1 Å². The fourth-order valence-electron chi connectivity index (χ4n) is 1.58. The van der Waals surface area contributed by atoms with Gasteiger partial charge in [0, 0.05) is 10.0 Å². The van der Waals surface area contributed by atoms with Crippen molar-refractivity contribution >= 4 is 33.5 Å². The molecule has 6 heteroatoms. The molecular formula is C12H14BrClO4. The number of esters is 1. The normalized spacial score (nSPS) is 10.1. The molecule has 0 unspecified atom stereocenters. The maximum atomic E-state index is 11.3. The van der Waals surface area contributed by atoms with Gasteiger partial charge in [-0.05, 0) is 11.6 Å². The van der Waals surface area contributed by atoms with Crippen LogP contribution in [-0.2, 0) is 21.8 Å². The summed E-state index contributed by atoms with van der Waals surface area (Å²) in [6.07, 6.45) is 0.140. The molecule has 100 valence electrons. The predicted molar refractivity (Wildman–Crippen MR) is 72.5 cm³/mol. The molecule has 0 heterocycles. The van der Waals surface area contributed by atoms with E-state index in [1.54, 1.807) is 13.2 Å². The van der Waals surface area contributed by atoms with Crippen LogP contribution < -0.4 is 9.47 Å². The summed E-state index contributed by atoms with van der Waals surface area (Å²) in [5, 5.41) is 0. The molecule has 1 aromatic carbocycles. The average Bonchev–Trinajstić information content (AvgIpc) is 2.39. The lowest BCUT2D eigenvalue weighted by atomic mass is 10.1. The number of halogens is 2. The average molecular weight is 338 g/mol. The maximum Gasteiger partial charge on any atom is 0.310 e. The Morgan fingerprint density at radius 3 is 2.44 bits per heavy atom. The van der Waals surface area contributed by atoms with Crippen LogP contribution in [0.15, 0.2) is 10.5 Å². The molecular weight excluding hydrogens is 323 g/mol. The first kappa shape index (κ1) is 15.1. The van der Waals surface area contributed by atoms with Crippen LogP contribution in [0.2, 0.25) is 0 Å². The third-order valence-corrected chi connectivity index (χ3v) is 3.73. The molecule has 0 N–H and O–H groups in total. The van der Waals surface area contributed by atoms with Crippen molar-refractivity contribution in [2.24, 2.45) is 0 Å². The Kier molecular flexibility index (Phi) is 5.75. The lowest BCUT2D eigenvalue weighted by molar-refractivity contribution is -0.139. The van der Waals surface area contributed by atoms with E-state index in [0.29, 0.717) is 11.5 Å². The molecule has 0 atom stereocenters. The van der Waals surface area contributed by atoms with Gasteiger partial charge >= 0.3 is 5.97 Å². The molecule has 0 saturated heterocycles. The van der Waals surface area contributed by atoms with Gasteiger partial charge in [-0.3, -0.25) is 4.79 Å². The number of ether oxygens (including phenoxy) is 3. The van der Waals surface area contributed by atoms with Gasteiger partial charge in [0.05, 0.1) is 33.6 Å². The first-order chi connectivity index (χ1) is 8.58. The van der Waals surface area contributed by atoms with Gasteiger partial charge in [-0.15, -0.1) is 11.6 Å². The molecule has 0 aromatic heterocycles. The van der Waals surface area contributed by atoms with Gasteiger partial charge in [0.1, 0.15) is 0 Å². The second-order valence-electron chi connectivity index (χ2n) is 3.45. The Labute approximate surface area is 119 Å². The van der Waals surface area contributed by atoms with E-state index in [-0.39, 0.29) is 18.3 Å². The van der Waals surface area contributed by atoms with E-state index in [1.807, 2.05) is 0 Å². The molecule has 4 nitrogen and oxygen atoms in total. The van der Waals surface area contributed by atoms with Crippen molar-refractivity contribution < 1.29 is 19.0 Å². The molecule has 0 spiro atoms. The Morgan fingerprint density at radius 2 is 2.00 bits per heavy atom. The summed E-state index contributed by atoms with van der Waals surface area (Å²) in [4.78, 5) is 11.3. The number of hydrogen-bond donors (Lipinski definition) is 0. The first-order valence-corrected chi connectivity index (χ1v) is 6.46. The third-order valence-electron chi connectivity index (χ3n) is 2.47. The first-order valence-electron chi connectivity index (χ1n) is 5.14. The molecule has 0 saturated carbocycles. The Balaban J connectivity index is 3.32. The van der Waals surface area contributed by atoms with Gasteiger partial charge in [0.25, 0.3) is 0 Å². The van der Waals surface area contributed by atoms with Gasteiger partial charge in [0.2, 0.25) is 0 Å². The van der Waals surface area contributed by atoms with Crippen LogP contribution in [-0.4, -0.2) is 27.3 Å². The zero-order valence-corrected chi connectivity index (χ0v) is 12.7. The van der Waals surface area contributed by atoms with Crippen molar-refractivity contribution in [1.82, 2.24) is 0 Å². The van der Waals surface area contributed by atoms with E-state index in [2.05, 4.69) is 20.7 Å². The Hall–Kier alpha value is -0.940. The summed E-state index contributed by atoms with van der Waals surface area (Å²) < 4.78 is 15.9. The van der Waals surface area contributed by atoms with Crippen LogP contribution in [0.1, 0.15) is 11.1 Å². The van der Waals surface area contributed by atoms with Crippen molar-refractivity contribution in [2.75, 3.05) is 21.3 Å². The van der Waals surface area contributed by atoms with Gasteiger partial charge in [-0.25, -0.2) is 0 Å². The smallest absolute Gasteiger partial charge is 0.310 e. The van der Waals surface area contributed by atoms with Crippen LogP contribution in [0, 0.1) is 0 Å². The molecule has 1 aromatic rings. The van der Waals surface area contributed by atoms with Crippen LogP contribution in [0.4, 0.5) is 0 Å². The maximum absolute atomic E-state index is 11.3. The molecule has 1 rings (SSSR count). The number of carbonyl (C=O) groups is 1. The molecule has 0 amide bonds. The Bertz CT molecular complexity index is 448. The zero-order chi connectivity index (χ0) is 13.7. The lowest BCUT2D eigenvalue weighted by Crippen LogP contribution is -2.07. The standard InChI is InChI=1S/C12H14BrClO4/c1-16-9-4-7(5-10(15)17-2)11(13)8(6-14)12(9)18-3/h4H,5-6H2,1-3H3. The second-order valence-corrected chi connectivity index (χ2v) is 4.51. The zero-order valence-electron chi connectivity index (χ0n) is 10.4. The highest BCUT2D eigenvalue weighted by Gasteiger charge is 2.19. The van der Waals surface area contributed by atoms with Gasteiger partial charge in [-0.2, -0.15) is 0 Å². The van der Waals surface area contributed by atoms with E-state index in [0.717, 1.165) is 15.6 Å². The van der Waals surface area contributed by atoms with Crippen molar-refractivity contribution in [1.29, 1.82) is 0 Å². The minimum absolute atomic E-state index is 0.140. The highest BCUT2D eigenvalue weighted by molar-refractivity contribution is 9.10. The van der Waals surface area contributed by atoms with Gasteiger partial charge in [0.15, 0.2) is 11.5 Å². The van der Waals surface area contributed by atoms with Crippen molar-refractivity contribution in [2.45, 2.75) is 12.3 Å². The van der Waals surface area contributed by atoms with Gasteiger partial charge < -0.3 is 14.2 Å². The van der Waals surface area contributed by atoms with Crippen LogP contribution >= 0.6 is 27.5 Å². The number of benzene rings is 1. The summed E-state index contributed by atoms with van der Waals surface area (Å²) in [5.41, 5.74) is 1.49. The molecule has 0 fully saturated rings. The van der Waals surface area contributed by atoms with Crippen LogP contribution in [0.25, 0.3) is 0 Å². The quantitative estimate of drug-likeness (QED) is 0.612. The van der Waals surface area contributed by atoms with E-state index >= 15 is 0 Å². The van der Waals surface area contributed by atoms with E-state index < -0.39 is 0 Å². The highest BCUT2D eigenvalue weighted by atomic mass is 79.9. The van der Waals surface area contributed by atoms with Gasteiger partial charge in [-0.1, -0.05) is 15.9 Å². The molecule has 0 aliphatic heterocycles. The SMILES string of the molecule is COC(=O)Cc1cc(OC)c(OC)c(CCl)c1Br. The van der Waals surface area contributed by atoms with Crippen LogP contribution in [0.5, 0.6) is 11.5 Å². The summed E-state index contributed by atoms with van der Waals surface area (Å²) in [7, 11) is 4.42. The van der Waals surface area contributed by atoms with Crippen molar-refractivity contribution in [3.05, 3.63) is 21.7 Å². The number of carbonyl (C=O) groups excluding carboxylic acids is 1. The summed E-state index contributed by atoms with van der Waals surface area (Å²) in [5.74, 6) is 1.02. The van der Waals surface area contributed by atoms with Crippen LogP contribution in [0.3, 0.4) is 0 Å². The number of hydrogen-bond acceptors (Lipinski definition) is 4. The highest BCUT2D eigenvalue weighted by Crippen LogP contribution is 2.39. The van der Waals surface area contributed by atoms with E-state index in [1.165, 1.54) is 14.2 Å². The second kappa shape index (κ2) is 6.85. The molecule has 0 aliphatic carbocycles. The fraction of sp³-hybridized carbons (Fsp3) is 0.417. The summed E-state index contributed by atoms with van der Waals surface area (Å²) >= 11 is 9.33. The number of rotatable bonds is 5. The third kappa shape index (κ3) is 3.09. The largest absolute Gasteiger partial charge is 0.493 e. The summed E-state index contributed by atoms with van der Waals surface area (Å²) in [6.45, 7) is 0. The molecule has 0 radical (unpaired) electrons.